The molecule has 6 aromatic rings. The van der Waals surface area contributed by atoms with Gasteiger partial charge in [-0.25, -0.2) is 0 Å². The van der Waals surface area contributed by atoms with Crippen molar-refractivity contribution < 1.29 is 25.8 Å². The quantitative estimate of drug-likeness (QED) is 0.117. The summed E-state index contributed by atoms with van der Waals surface area (Å²) < 4.78 is 0. The maximum atomic E-state index is 2.54. The first-order valence-corrected chi connectivity index (χ1v) is 16.0. The van der Waals surface area contributed by atoms with E-state index in [4.69, 9.17) is 0 Å². The topological polar surface area (TPSA) is 0 Å². The van der Waals surface area contributed by atoms with E-state index in [2.05, 4.69) is 137 Å². The summed E-state index contributed by atoms with van der Waals surface area (Å²) in [6.07, 6.45) is 6.35. The summed E-state index contributed by atoms with van der Waals surface area (Å²) in [7, 11) is 0. The van der Waals surface area contributed by atoms with Gasteiger partial charge in [0.2, 0.25) is 0 Å². The molecule has 1 fully saturated rings. The Bertz CT molecular complexity index is 1740. The smallest absolute Gasteiger partial charge is 0.358 e. The van der Waals surface area contributed by atoms with Crippen molar-refractivity contribution in [2.75, 3.05) is 0 Å². The van der Waals surface area contributed by atoms with E-state index in [1.54, 1.807) is 0 Å². The zero-order chi connectivity index (χ0) is 28.8. The van der Waals surface area contributed by atoms with E-state index in [-0.39, 0.29) is 46.1 Å². The van der Waals surface area contributed by atoms with Crippen LogP contribution in [0.2, 0.25) is 0 Å². The van der Waals surface area contributed by atoms with Gasteiger partial charge in [-0.3, -0.25) is 0 Å². The van der Waals surface area contributed by atoms with E-state index < -0.39 is 0 Å². The average molecular weight is 755 g/mol. The van der Waals surface area contributed by atoms with Gasteiger partial charge in [-0.05, 0) is 52.3 Å². The Balaban J connectivity index is 0.00000154. The maximum absolute atomic E-state index is 2.54. The molecular formula is C44H48Hf. The molecule has 1 saturated carbocycles. The van der Waals surface area contributed by atoms with Gasteiger partial charge in [-0.2, -0.15) is 12.1 Å². The first kappa shape index (κ1) is 34.8. The molecule has 6 aromatic carbocycles. The molecule has 1 aliphatic rings. The molecule has 228 valence electrons. The molecule has 0 spiro atoms. The van der Waals surface area contributed by atoms with Gasteiger partial charge < -0.3 is 14.9 Å². The molecule has 0 N–H and O–H groups in total. The Hall–Kier alpha value is -3.03. The van der Waals surface area contributed by atoms with Crippen LogP contribution in [0.25, 0.3) is 43.8 Å². The largest absolute Gasteiger partial charge is 4.00 e. The van der Waals surface area contributed by atoms with Gasteiger partial charge >= 0.3 is 25.8 Å². The number of fused-ring (bicyclic) bond motifs is 2. The van der Waals surface area contributed by atoms with Crippen molar-refractivity contribution in [3.8, 4) is 22.3 Å². The monoisotopic (exact) mass is 756 g/mol. The second-order valence-corrected chi connectivity index (χ2v) is 13.3. The van der Waals surface area contributed by atoms with Crippen molar-refractivity contribution in [1.82, 2.24) is 0 Å². The summed E-state index contributed by atoms with van der Waals surface area (Å²) in [5, 5.41) is 5.51. The fourth-order valence-corrected chi connectivity index (χ4v) is 7.56. The summed E-state index contributed by atoms with van der Waals surface area (Å²) in [5.74, 6) is 1.04. The summed E-state index contributed by atoms with van der Waals surface area (Å²) in [4.78, 5) is 0. The zero-order valence-electron chi connectivity index (χ0n) is 28.1. The van der Waals surface area contributed by atoms with Crippen LogP contribution in [0, 0.1) is 14.9 Å². The van der Waals surface area contributed by atoms with Gasteiger partial charge in [0, 0.05) is 0 Å². The molecule has 1 heteroatoms. The number of hydrogen-bond acceptors (Lipinski definition) is 0. The van der Waals surface area contributed by atoms with E-state index in [9.17, 15) is 0 Å². The van der Waals surface area contributed by atoms with E-state index >= 15 is 0 Å². The third-order valence-electron chi connectivity index (χ3n) is 10.0. The molecule has 45 heavy (non-hydrogen) atoms. The number of benzene rings is 4. The molecule has 0 aliphatic heterocycles. The predicted octanol–water partition coefficient (Wildman–Crippen LogP) is 13.2. The van der Waals surface area contributed by atoms with E-state index in [1.807, 2.05) is 0 Å². The van der Waals surface area contributed by atoms with Gasteiger partial charge in [0.25, 0.3) is 0 Å². The van der Waals surface area contributed by atoms with Crippen molar-refractivity contribution in [3.63, 3.8) is 0 Å². The fraction of sp³-hybridized carbons (Fsp3) is 0.273. The van der Waals surface area contributed by atoms with Crippen LogP contribution in [0.5, 0.6) is 0 Å². The predicted molar refractivity (Wildman–Crippen MR) is 195 cm³/mol. The van der Waals surface area contributed by atoms with Crippen LogP contribution < -0.4 is 0 Å². The van der Waals surface area contributed by atoms with Gasteiger partial charge in [0.05, 0.1) is 0 Å². The molecule has 0 nitrogen and oxygen atoms in total. The normalized spacial score (nSPS) is 14.3. The number of rotatable bonds is 6. The van der Waals surface area contributed by atoms with Crippen LogP contribution in [0.15, 0.2) is 109 Å². The van der Waals surface area contributed by atoms with Gasteiger partial charge in [-0.15, -0.1) is 69.1 Å². The molecule has 0 atom stereocenters. The standard InChI is InChI=1S/C42H42.2CH3.Hf/c1-28(2)30-12-8-14-32(22-30)38-18-10-16-34-24-36(26-40(34)38)42(20-6-5-7-21-42)37-25-35-17-11-19-39(41(35)27-37)33-15-9-13-31(23-33)29(3)4;;;/h8-19,22-29H,5-7,20-21H2,1-4H3;2*1H3;/q-2;2*-1;+4. The van der Waals surface area contributed by atoms with E-state index in [1.165, 1.54) is 98.2 Å². The molecule has 0 aromatic heterocycles. The molecule has 1 aliphatic carbocycles. The van der Waals surface area contributed by atoms with Crippen LogP contribution in [-0.4, -0.2) is 0 Å². The molecule has 0 radical (unpaired) electrons. The average Bonchev–Trinajstić information content (AvgIpc) is 3.67. The van der Waals surface area contributed by atoms with Crippen LogP contribution in [0.3, 0.4) is 0 Å². The second-order valence-electron chi connectivity index (χ2n) is 13.3. The number of hydrogen-bond donors (Lipinski definition) is 0. The molecule has 7 rings (SSSR count). The van der Waals surface area contributed by atoms with Crippen LogP contribution in [0.4, 0.5) is 0 Å². The minimum atomic E-state index is 0. The summed E-state index contributed by atoms with van der Waals surface area (Å²) in [6, 6.07) is 42.2. The van der Waals surface area contributed by atoms with Crippen molar-refractivity contribution in [2.24, 2.45) is 0 Å². The van der Waals surface area contributed by atoms with Gasteiger partial charge in [-0.1, -0.05) is 119 Å². The maximum Gasteiger partial charge on any atom is 4.00 e. The minimum absolute atomic E-state index is 0. The zero-order valence-corrected chi connectivity index (χ0v) is 31.7. The Kier molecular flexibility index (Phi) is 11.0. The third kappa shape index (κ3) is 6.35. The molecular weight excluding hydrogens is 707 g/mol. The van der Waals surface area contributed by atoms with Crippen molar-refractivity contribution in [2.45, 2.75) is 77.0 Å². The Morgan fingerprint density at radius 3 is 1.38 bits per heavy atom. The molecule has 0 unspecified atom stereocenters. The van der Waals surface area contributed by atoms with Crippen molar-refractivity contribution in [1.29, 1.82) is 0 Å². The van der Waals surface area contributed by atoms with Crippen molar-refractivity contribution in [3.05, 3.63) is 146 Å². The Morgan fingerprint density at radius 1 is 0.533 bits per heavy atom. The van der Waals surface area contributed by atoms with E-state index in [0.29, 0.717) is 11.8 Å². The first-order chi connectivity index (χ1) is 20.4. The third-order valence-corrected chi connectivity index (χ3v) is 10.0. The minimum Gasteiger partial charge on any atom is -0.358 e. The Morgan fingerprint density at radius 2 is 0.956 bits per heavy atom. The summed E-state index contributed by atoms with van der Waals surface area (Å²) >= 11 is 0. The summed E-state index contributed by atoms with van der Waals surface area (Å²) in [5.41, 5.74) is 11.2. The Labute approximate surface area is 291 Å². The van der Waals surface area contributed by atoms with Gasteiger partial charge in [0.1, 0.15) is 0 Å². The molecule has 0 heterocycles. The summed E-state index contributed by atoms with van der Waals surface area (Å²) in [6.45, 7) is 9.12. The first-order valence-electron chi connectivity index (χ1n) is 16.0. The van der Waals surface area contributed by atoms with Crippen LogP contribution >= 0.6 is 0 Å². The second kappa shape index (κ2) is 14.2. The molecule has 0 amide bonds. The van der Waals surface area contributed by atoms with Crippen molar-refractivity contribution >= 4 is 21.5 Å². The fourth-order valence-electron chi connectivity index (χ4n) is 7.56. The van der Waals surface area contributed by atoms with Crippen LogP contribution in [0.1, 0.15) is 93.9 Å². The molecule has 0 bridgehead atoms. The molecule has 0 saturated heterocycles. The van der Waals surface area contributed by atoms with E-state index in [0.717, 1.165) is 0 Å². The van der Waals surface area contributed by atoms with Crippen LogP contribution in [-0.2, 0) is 31.3 Å². The SMILES string of the molecule is CC(C)c1cccc(-c2cccc3[cH-]c(C4(c5cc6c(-c7cccc(C(C)C)c7)cccc6[cH-]5)CCCCC4)cc23)c1.[CH3-].[CH3-].[Hf+4]. The van der Waals surface area contributed by atoms with Gasteiger partial charge in [0.15, 0.2) is 0 Å².